The molecular formula is C25H29NO2. The fourth-order valence-corrected chi connectivity index (χ4v) is 5.40. The largest absolute Gasteiger partial charge is 0.496 e. The van der Waals surface area contributed by atoms with Gasteiger partial charge in [0.2, 0.25) is 0 Å². The second kappa shape index (κ2) is 6.75. The summed E-state index contributed by atoms with van der Waals surface area (Å²) in [5, 5.41) is 5.53. The molecule has 0 aliphatic carbocycles. The lowest BCUT2D eigenvalue weighted by molar-refractivity contribution is 0.00414. The Morgan fingerprint density at radius 2 is 1.75 bits per heavy atom. The predicted molar refractivity (Wildman–Crippen MR) is 115 cm³/mol. The molecule has 3 heteroatoms. The van der Waals surface area contributed by atoms with Crippen molar-refractivity contribution in [2.24, 2.45) is 0 Å². The Morgan fingerprint density at radius 3 is 2.54 bits per heavy atom. The monoisotopic (exact) mass is 375 g/mol. The van der Waals surface area contributed by atoms with Gasteiger partial charge >= 0.3 is 0 Å². The zero-order valence-corrected chi connectivity index (χ0v) is 17.3. The van der Waals surface area contributed by atoms with Crippen LogP contribution in [0.25, 0.3) is 21.5 Å². The third-order valence-electron chi connectivity index (χ3n) is 6.94. The van der Waals surface area contributed by atoms with E-state index >= 15 is 0 Å². The topological polar surface area (TPSA) is 21.7 Å². The molecule has 0 radical (unpaired) electrons. The van der Waals surface area contributed by atoms with E-state index in [-0.39, 0.29) is 0 Å². The van der Waals surface area contributed by atoms with Crippen molar-refractivity contribution in [2.75, 3.05) is 20.8 Å². The van der Waals surface area contributed by atoms with Gasteiger partial charge in [-0.15, -0.1) is 0 Å². The van der Waals surface area contributed by atoms with E-state index in [0.29, 0.717) is 12.1 Å². The molecule has 0 aromatic heterocycles. The van der Waals surface area contributed by atoms with Crippen LogP contribution < -0.4 is 4.74 Å². The smallest absolute Gasteiger partial charge is 0.122 e. The Balaban J connectivity index is 1.78. The summed E-state index contributed by atoms with van der Waals surface area (Å²) >= 11 is 0. The Bertz CT molecular complexity index is 1070. The van der Waals surface area contributed by atoms with Crippen LogP contribution in [0.3, 0.4) is 0 Å². The molecule has 0 bridgehead atoms. The minimum Gasteiger partial charge on any atom is -0.496 e. The van der Waals surface area contributed by atoms with Crippen molar-refractivity contribution in [3.8, 4) is 5.75 Å². The van der Waals surface area contributed by atoms with Gasteiger partial charge < -0.3 is 9.47 Å². The number of fused-ring (bicyclic) bond motifs is 7. The van der Waals surface area contributed by atoms with Crippen LogP contribution in [0.4, 0.5) is 0 Å². The SMILES string of the molecule is COc1cc2c3c(c4ccc(C)cc4c2cc1C)CN1CC[C@@H](OC)C[C@@H]1C3. The predicted octanol–water partition coefficient (Wildman–Crippen LogP) is 5.15. The third kappa shape index (κ3) is 2.72. The highest BCUT2D eigenvalue weighted by molar-refractivity contribution is 6.11. The molecule has 0 amide bonds. The van der Waals surface area contributed by atoms with Gasteiger partial charge in [0.25, 0.3) is 0 Å². The summed E-state index contributed by atoms with van der Waals surface area (Å²) in [4.78, 5) is 2.68. The summed E-state index contributed by atoms with van der Waals surface area (Å²) in [5.74, 6) is 0.988. The Kier molecular flexibility index (Phi) is 4.33. The molecule has 2 heterocycles. The molecule has 0 N–H and O–H groups in total. The Labute approximate surface area is 167 Å². The fraction of sp³-hybridized carbons (Fsp3) is 0.440. The number of rotatable bonds is 2. The molecule has 3 nitrogen and oxygen atoms in total. The van der Waals surface area contributed by atoms with Gasteiger partial charge in [-0.2, -0.15) is 0 Å². The van der Waals surface area contributed by atoms with Gasteiger partial charge in [-0.05, 0) is 83.5 Å². The highest BCUT2D eigenvalue weighted by Gasteiger charge is 2.34. The lowest BCUT2D eigenvalue weighted by Gasteiger charge is -2.43. The van der Waals surface area contributed by atoms with Crippen molar-refractivity contribution in [3.05, 3.63) is 52.6 Å². The second-order valence-corrected chi connectivity index (χ2v) is 8.58. The van der Waals surface area contributed by atoms with Gasteiger partial charge in [0.15, 0.2) is 0 Å². The van der Waals surface area contributed by atoms with Gasteiger partial charge in [-0.1, -0.05) is 23.8 Å². The van der Waals surface area contributed by atoms with Gasteiger partial charge in [0.05, 0.1) is 13.2 Å². The Morgan fingerprint density at radius 1 is 0.929 bits per heavy atom. The van der Waals surface area contributed by atoms with E-state index in [4.69, 9.17) is 9.47 Å². The van der Waals surface area contributed by atoms with Crippen LogP contribution in [-0.2, 0) is 17.7 Å². The summed E-state index contributed by atoms with van der Waals surface area (Å²) in [6.07, 6.45) is 3.77. The maximum Gasteiger partial charge on any atom is 0.122 e. The molecule has 2 atom stereocenters. The first kappa shape index (κ1) is 18.0. The number of benzene rings is 3. The van der Waals surface area contributed by atoms with Crippen molar-refractivity contribution in [1.82, 2.24) is 4.90 Å². The molecule has 3 aromatic carbocycles. The van der Waals surface area contributed by atoms with Crippen molar-refractivity contribution >= 4 is 21.5 Å². The molecule has 0 unspecified atom stereocenters. The number of ether oxygens (including phenoxy) is 2. The first-order chi connectivity index (χ1) is 13.6. The molecule has 2 aliphatic rings. The summed E-state index contributed by atoms with van der Waals surface area (Å²) in [6.45, 7) is 6.51. The number of aryl methyl sites for hydroxylation is 2. The highest BCUT2D eigenvalue weighted by Crippen LogP contribution is 2.41. The molecule has 28 heavy (non-hydrogen) atoms. The summed E-state index contributed by atoms with van der Waals surface area (Å²) < 4.78 is 11.4. The average molecular weight is 376 g/mol. The van der Waals surface area contributed by atoms with Crippen molar-refractivity contribution in [2.45, 2.75) is 51.8 Å². The number of nitrogens with zero attached hydrogens (tertiary/aromatic N) is 1. The highest BCUT2D eigenvalue weighted by atomic mass is 16.5. The van der Waals surface area contributed by atoms with Gasteiger partial charge in [-0.3, -0.25) is 4.90 Å². The molecule has 0 saturated carbocycles. The van der Waals surface area contributed by atoms with Gasteiger partial charge in [0, 0.05) is 26.2 Å². The van der Waals surface area contributed by atoms with Crippen LogP contribution in [-0.4, -0.2) is 37.8 Å². The lowest BCUT2D eigenvalue weighted by Crippen LogP contribution is -2.48. The van der Waals surface area contributed by atoms with E-state index in [1.54, 1.807) is 7.11 Å². The van der Waals surface area contributed by atoms with E-state index in [1.165, 1.54) is 43.8 Å². The molecule has 2 aliphatic heterocycles. The van der Waals surface area contributed by atoms with E-state index in [0.717, 1.165) is 38.1 Å². The summed E-state index contributed by atoms with van der Waals surface area (Å²) in [7, 11) is 3.63. The van der Waals surface area contributed by atoms with Crippen LogP contribution >= 0.6 is 0 Å². The molecule has 146 valence electrons. The zero-order valence-electron chi connectivity index (χ0n) is 17.3. The minimum absolute atomic E-state index is 0.397. The molecule has 1 saturated heterocycles. The molecule has 1 fully saturated rings. The average Bonchev–Trinajstić information content (AvgIpc) is 2.71. The minimum atomic E-state index is 0.397. The van der Waals surface area contributed by atoms with E-state index in [9.17, 15) is 0 Å². The van der Waals surface area contributed by atoms with Crippen LogP contribution in [0.5, 0.6) is 5.75 Å². The first-order valence-electron chi connectivity index (χ1n) is 10.4. The number of methoxy groups -OCH3 is 2. The van der Waals surface area contributed by atoms with Gasteiger partial charge in [-0.25, -0.2) is 0 Å². The maximum absolute atomic E-state index is 5.70. The van der Waals surface area contributed by atoms with Gasteiger partial charge in [0.1, 0.15) is 5.75 Å². The number of piperidine rings is 1. The standard InChI is InChI=1S/C25H29NO2/c1-15-5-6-19-20(9-15)21-10-16(2)25(28-4)13-23(21)22-12-17-11-18(27-3)7-8-26(17)14-24(19)22/h5-6,9-10,13,17-18H,7-8,11-12,14H2,1-4H3/t17-,18-/m1/s1. The zero-order chi connectivity index (χ0) is 19.4. The molecule has 0 spiro atoms. The normalized spacial score (nSPS) is 22.3. The summed E-state index contributed by atoms with van der Waals surface area (Å²) in [6, 6.07) is 12.1. The Hall–Kier alpha value is -2.10. The fourth-order valence-electron chi connectivity index (χ4n) is 5.40. The second-order valence-electron chi connectivity index (χ2n) is 8.58. The maximum atomic E-state index is 5.70. The van der Waals surface area contributed by atoms with Crippen molar-refractivity contribution < 1.29 is 9.47 Å². The number of hydrogen-bond donors (Lipinski definition) is 0. The van der Waals surface area contributed by atoms with Crippen LogP contribution in [0.2, 0.25) is 0 Å². The van der Waals surface area contributed by atoms with E-state index < -0.39 is 0 Å². The van der Waals surface area contributed by atoms with Crippen LogP contribution in [0.15, 0.2) is 30.3 Å². The molecular weight excluding hydrogens is 346 g/mol. The number of hydrogen-bond acceptors (Lipinski definition) is 3. The quantitative estimate of drug-likeness (QED) is 0.578. The van der Waals surface area contributed by atoms with E-state index in [1.807, 2.05) is 7.11 Å². The molecule has 3 aromatic rings. The summed E-state index contributed by atoms with van der Waals surface area (Å²) in [5.41, 5.74) is 5.55. The van der Waals surface area contributed by atoms with Crippen LogP contribution in [0.1, 0.15) is 35.1 Å². The van der Waals surface area contributed by atoms with Crippen molar-refractivity contribution in [3.63, 3.8) is 0 Å². The lowest BCUT2D eigenvalue weighted by atomic mass is 9.81. The molecule has 5 rings (SSSR count). The van der Waals surface area contributed by atoms with E-state index in [2.05, 4.69) is 49.1 Å². The third-order valence-corrected chi connectivity index (χ3v) is 6.94. The van der Waals surface area contributed by atoms with Crippen LogP contribution in [0, 0.1) is 13.8 Å². The first-order valence-corrected chi connectivity index (χ1v) is 10.4. The van der Waals surface area contributed by atoms with Crippen molar-refractivity contribution in [1.29, 1.82) is 0 Å².